The summed E-state index contributed by atoms with van der Waals surface area (Å²) in [7, 11) is 0. The van der Waals surface area contributed by atoms with E-state index in [0.29, 0.717) is 5.78 Å². The van der Waals surface area contributed by atoms with Crippen molar-refractivity contribution in [2.24, 2.45) is 5.92 Å². The Morgan fingerprint density at radius 2 is 1.67 bits per heavy atom. The van der Waals surface area contributed by atoms with Gasteiger partial charge in [0.05, 0.1) is 0 Å². The molecule has 0 spiro atoms. The Morgan fingerprint density at radius 3 is 2.48 bits per heavy atom. The largest absolute Gasteiger partial charge is 0.294 e. The number of hydrogen-bond acceptors (Lipinski definition) is 1. The Kier molecular flexibility index (Phi) is 2.68. The van der Waals surface area contributed by atoms with E-state index in [9.17, 15) is 4.79 Å². The quantitative estimate of drug-likeness (QED) is 0.617. The van der Waals surface area contributed by atoms with Crippen molar-refractivity contribution >= 4 is 16.6 Å². The molecule has 0 aliphatic heterocycles. The van der Waals surface area contributed by atoms with Crippen LogP contribution in [0.1, 0.15) is 22.8 Å². The van der Waals surface area contributed by atoms with Crippen LogP contribution in [0.5, 0.6) is 0 Å². The van der Waals surface area contributed by atoms with Crippen LogP contribution in [0, 0.1) is 5.92 Å². The summed E-state index contributed by atoms with van der Waals surface area (Å²) in [6, 6.07) is 20.8. The summed E-state index contributed by atoms with van der Waals surface area (Å²) >= 11 is 0. The van der Waals surface area contributed by atoms with E-state index in [0.717, 1.165) is 22.8 Å². The molecule has 1 aliphatic rings. The molecular weight excluding hydrogens is 256 g/mol. The molecule has 0 N–H and O–H groups in total. The molecule has 0 bridgehead atoms. The SMILES string of the molecule is CC1Cc2c(-c3ccccc3)cc3ccccc3c2C1=O. The molecule has 0 amide bonds. The molecular formula is C20H16O. The molecule has 1 atom stereocenters. The Morgan fingerprint density at radius 1 is 0.952 bits per heavy atom. The first kappa shape index (κ1) is 12.3. The van der Waals surface area contributed by atoms with Gasteiger partial charge in [0.1, 0.15) is 0 Å². The normalized spacial score (nSPS) is 17.2. The average molecular weight is 272 g/mol. The van der Waals surface area contributed by atoms with Crippen LogP contribution in [0.25, 0.3) is 21.9 Å². The van der Waals surface area contributed by atoms with Gasteiger partial charge >= 0.3 is 0 Å². The second-order valence-corrected chi connectivity index (χ2v) is 5.83. The zero-order chi connectivity index (χ0) is 14.4. The minimum atomic E-state index is 0.0910. The van der Waals surface area contributed by atoms with Gasteiger partial charge in [0.15, 0.2) is 5.78 Å². The van der Waals surface area contributed by atoms with E-state index in [4.69, 9.17) is 0 Å². The minimum absolute atomic E-state index is 0.0910. The summed E-state index contributed by atoms with van der Waals surface area (Å²) in [5, 5.41) is 2.25. The van der Waals surface area contributed by atoms with Crippen molar-refractivity contribution in [3.63, 3.8) is 0 Å². The van der Waals surface area contributed by atoms with Gasteiger partial charge in [-0.05, 0) is 39.9 Å². The second kappa shape index (κ2) is 4.56. The third-order valence-electron chi connectivity index (χ3n) is 4.45. The van der Waals surface area contributed by atoms with Crippen molar-refractivity contribution < 1.29 is 4.79 Å². The van der Waals surface area contributed by atoms with Gasteiger partial charge in [-0.3, -0.25) is 4.79 Å². The van der Waals surface area contributed by atoms with Crippen molar-refractivity contribution in [3.8, 4) is 11.1 Å². The summed E-state index contributed by atoms with van der Waals surface area (Å²) in [6.07, 6.45) is 0.850. The second-order valence-electron chi connectivity index (χ2n) is 5.83. The highest BCUT2D eigenvalue weighted by atomic mass is 16.1. The highest BCUT2D eigenvalue weighted by Crippen LogP contribution is 2.39. The lowest BCUT2D eigenvalue weighted by molar-refractivity contribution is 0.0947. The maximum atomic E-state index is 12.6. The predicted octanol–water partition coefficient (Wildman–Crippen LogP) is 4.88. The number of fused-ring (bicyclic) bond motifs is 3. The lowest BCUT2D eigenvalue weighted by Crippen LogP contribution is -2.03. The maximum absolute atomic E-state index is 12.6. The third-order valence-corrected chi connectivity index (χ3v) is 4.45. The summed E-state index contributed by atoms with van der Waals surface area (Å²) in [4.78, 5) is 12.6. The van der Waals surface area contributed by atoms with Gasteiger partial charge in [-0.25, -0.2) is 0 Å². The van der Waals surface area contributed by atoms with Gasteiger partial charge in [-0.15, -0.1) is 0 Å². The molecule has 0 saturated carbocycles. The van der Waals surface area contributed by atoms with Crippen LogP contribution < -0.4 is 0 Å². The number of benzene rings is 3. The van der Waals surface area contributed by atoms with Gasteiger partial charge in [0.25, 0.3) is 0 Å². The maximum Gasteiger partial charge on any atom is 0.166 e. The van der Waals surface area contributed by atoms with Crippen molar-refractivity contribution in [2.45, 2.75) is 13.3 Å². The summed E-state index contributed by atoms with van der Waals surface area (Å²) in [6.45, 7) is 2.03. The standard InChI is InChI=1S/C20H16O/c1-13-11-18-17(14-7-3-2-4-8-14)12-15-9-5-6-10-16(15)19(18)20(13)21/h2-10,12-13H,11H2,1H3. The van der Waals surface area contributed by atoms with E-state index < -0.39 is 0 Å². The predicted molar refractivity (Wildman–Crippen MR) is 86.6 cm³/mol. The molecule has 1 aliphatic carbocycles. The topological polar surface area (TPSA) is 17.1 Å². The molecule has 0 fully saturated rings. The first-order valence-corrected chi connectivity index (χ1v) is 7.40. The molecule has 1 unspecified atom stereocenters. The van der Waals surface area contributed by atoms with Gasteiger partial charge in [0.2, 0.25) is 0 Å². The van der Waals surface area contributed by atoms with Crippen LogP contribution in [-0.2, 0) is 6.42 Å². The Bertz CT molecular complexity index is 846. The van der Waals surface area contributed by atoms with Crippen molar-refractivity contribution in [1.82, 2.24) is 0 Å². The minimum Gasteiger partial charge on any atom is -0.294 e. The fraction of sp³-hybridized carbons (Fsp3) is 0.150. The van der Waals surface area contributed by atoms with Gasteiger partial charge < -0.3 is 0 Å². The summed E-state index contributed by atoms with van der Waals surface area (Å²) in [5.41, 5.74) is 4.57. The number of ketones is 1. The van der Waals surface area contributed by atoms with Crippen LogP contribution in [0.3, 0.4) is 0 Å². The lowest BCUT2D eigenvalue weighted by atomic mass is 9.92. The highest BCUT2D eigenvalue weighted by molar-refractivity contribution is 6.14. The van der Waals surface area contributed by atoms with E-state index >= 15 is 0 Å². The molecule has 0 saturated heterocycles. The fourth-order valence-electron chi connectivity index (χ4n) is 3.40. The molecule has 4 rings (SSSR count). The van der Waals surface area contributed by atoms with Crippen LogP contribution in [0.2, 0.25) is 0 Å². The fourth-order valence-corrected chi connectivity index (χ4v) is 3.40. The molecule has 21 heavy (non-hydrogen) atoms. The zero-order valence-electron chi connectivity index (χ0n) is 12.0. The van der Waals surface area contributed by atoms with Crippen molar-refractivity contribution in [1.29, 1.82) is 0 Å². The Balaban J connectivity index is 2.10. The van der Waals surface area contributed by atoms with Crippen LogP contribution >= 0.6 is 0 Å². The van der Waals surface area contributed by atoms with Crippen molar-refractivity contribution in [2.75, 3.05) is 0 Å². The van der Waals surface area contributed by atoms with E-state index in [2.05, 4.69) is 42.5 Å². The molecule has 3 aromatic rings. The van der Waals surface area contributed by atoms with Crippen LogP contribution in [-0.4, -0.2) is 5.78 Å². The first-order chi connectivity index (χ1) is 10.3. The first-order valence-electron chi connectivity index (χ1n) is 7.40. The van der Waals surface area contributed by atoms with E-state index in [1.807, 2.05) is 25.1 Å². The smallest absolute Gasteiger partial charge is 0.166 e. The summed E-state index contributed by atoms with van der Waals surface area (Å²) < 4.78 is 0. The van der Waals surface area contributed by atoms with Gasteiger partial charge in [0, 0.05) is 11.5 Å². The van der Waals surface area contributed by atoms with Crippen LogP contribution in [0.15, 0.2) is 60.7 Å². The average Bonchev–Trinajstić information content (AvgIpc) is 2.83. The Hall–Kier alpha value is -2.41. The molecule has 1 nitrogen and oxygen atoms in total. The van der Waals surface area contributed by atoms with E-state index in [-0.39, 0.29) is 5.92 Å². The third kappa shape index (κ3) is 1.81. The molecule has 0 aromatic heterocycles. The number of carbonyl (C=O) groups excluding carboxylic acids is 1. The zero-order valence-corrected chi connectivity index (χ0v) is 12.0. The number of carbonyl (C=O) groups is 1. The number of hydrogen-bond donors (Lipinski definition) is 0. The monoisotopic (exact) mass is 272 g/mol. The lowest BCUT2D eigenvalue weighted by Gasteiger charge is -2.11. The number of rotatable bonds is 1. The summed E-state index contributed by atoms with van der Waals surface area (Å²) in [5.74, 6) is 0.382. The van der Waals surface area contributed by atoms with Crippen molar-refractivity contribution in [3.05, 3.63) is 71.8 Å². The van der Waals surface area contributed by atoms with Gasteiger partial charge in [-0.2, -0.15) is 0 Å². The Labute approximate surface area is 124 Å². The highest BCUT2D eigenvalue weighted by Gasteiger charge is 2.31. The molecule has 3 aromatic carbocycles. The molecule has 0 heterocycles. The number of Topliss-reactive ketones (excluding diaryl/α,β-unsaturated/α-hetero) is 1. The molecule has 1 heteroatoms. The van der Waals surface area contributed by atoms with Crippen LogP contribution in [0.4, 0.5) is 0 Å². The molecule has 102 valence electrons. The molecule has 0 radical (unpaired) electrons. The van der Waals surface area contributed by atoms with E-state index in [1.165, 1.54) is 16.7 Å². The van der Waals surface area contributed by atoms with Gasteiger partial charge in [-0.1, -0.05) is 61.5 Å². The van der Waals surface area contributed by atoms with E-state index in [1.54, 1.807) is 0 Å².